The van der Waals surface area contributed by atoms with Gasteiger partial charge in [-0.25, -0.2) is 4.79 Å². The molecule has 2 aromatic carbocycles. The Hall–Kier alpha value is -3.02. The van der Waals surface area contributed by atoms with Crippen LogP contribution in [0, 0.1) is 0 Å². The zero-order chi connectivity index (χ0) is 19.6. The predicted molar refractivity (Wildman–Crippen MR) is 103 cm³/mol. The van der Waals surface area contributed by atoms with E-state index in [-0.39, 0.29) is 0 Å². The third-order valence-corrected chi connectivity index (χ3v) is 3.66. The second-order valence-corrected chi connectivity index (χ2v) is 5.84. The third kappa shape index (κ3) is 6.02. The number of amides is 1. The van der Waals surface area contributed by atoms with Crippen LogP contribution in [-0.4, -0.2) is 31.2 Å². The number of carbonyl (C=O) groups excluding carboxylic acids is 2. The molecule has 27 heavy (non-hydrogen) atoms. The summed E-state index contributed by atoms with van der Waals surface area (Å²) in [5.41, 5.74) is 0.887. The topological polar surface area (TPSA) is 73.9 Å². The van der Waals surface area contributed by atoms with E-state index < -0.39 is 18.0 Å². The summed E-state index contributed by atoms with van der Waals surface area (Å²) < 4.78 is 16.2. The molecule has 0 spiro atoms. The molecule has 0 unspecified atom stereocenters. The van der Waals surface area contributed by atoms with E-state index in [1.54, 1.807) is 42.5 Å². The molecule has 0 fully saturated rings. The van der Waals surface area contributed by atoms with Crippen LogP contribution in [-0.2, 0) is 9.53 Å². The van der Waals surface area contributed by atoms with Crippen molar-refractivity contribution >= 4 is 17.6 Å². The minimum atomic E-state index is -0.955. The van der Waals surface area contributed by atoms with Crippen LogP contribution < -0.4 is 14.8 Å². The van der Waals surface area contributed by atoms with Crippen LogP contribution in [0.4, 0.5) is 5.69 Å². The number of carbonyl (C=O) groups is 2. The largest absolute Gasteiger partial charge is 0.494 e. The molecule has 0 aromatic heterocycles. The maximum Gasteiger partial charge on any atom is 0.338 e. The van der Waals surface area contributed by atoms with Gasteiger partial charge in [-0.05, 0) is 56.7 Å². The highest BCUT2D eigenvalue weighted by Crippen LogP contribution is 2.24. The van der Waals surface area contributed by atoms with Crippen LogP contribution >= 0.6 is 0 Å². The van der Waals surface area contributed by atoms with Crippen molar-refractivity contribution < 1.29 is 23.8 Å². The molecule has 2 rings (SSSR count). The Morgan fingerprint density at radius 3 is 2.37 bits per heavy atom. The van der Waals surface area contributed by atoms with E-state index in [1.807, 2.05) is 19.9 Å². The number of hydrogen-bond donors (Lipinski definition) is 1. The van der Waals surface area contributed by atoms with E-state index in [1.165, 1.54) is 6.92 Å². The number of rotatable bonds is 9. The first-order valence-corrected chi connectivity index (χ1v) is 9.01. The molecule has 0 bridgehead atoms. The zero-order valence-electron chi connectivity index (χ0n) is 15.9. The normalized spacial score (nSPS) is 11.4. The molecule has 0 aliphatic rings. The van der Waals surface area contributed by atoms with Gasteiger partial charge in [-0.3, -0.25) is 4.79 Å². The van der Waals surface area contributed by atoms with Gasteiger partial charge in [0.1, 0.15) is 11.5 Å². The summed E-state index contributed by atoms with van der Waals surface area (Å²) in [5, 5.41) is 2.72. The van der Waals surface area contributed by atoms with Crippen LogP contribution in [0.15, 0.2) is 48.5 Å². The Labute approximate surface area is 159 Å². The predicted octanol–water partition coefficient (Wildman–Crippen LogP) is 4.06. The maximum absolute atomic E-state index is 12.3. The molecular formula is C21H25NO5. The Balaban J connectivity index is 1.94. The number of nitrogens with one attached hydrogen (secondary N) is 1. The van der Waals surface area contributed by atoms with Crippen LogP contribution in [0.25, 0.3) is 0 Å². The standard InChI is InChI=1S/C21H25NO5/c1-4-14-26-17-12-10-16(11-13-17)21(24)27-15(3)20(23)22-18-8-6-7-9-19(18)25-5-2/h6-13,15H,4-5,14H2,1-3H3,(H,22,23)/t15-/m1/s1. The molecular weight excluding hydrogens is 346 g/mol. The fourth-order valence-electron chi connectivity index (χ4n) is 2.27. The maximum atomic E-state index is 12.3. The van der Waals surface area contributed by atoms with Crippen molar-refractivity contribution in [3.8, 4) is 11.5 Å². The second-order valence-electron chi connectivity index (χ2n) is 5.84. The molecule has 1 N–H and O–H groups in total. The highest BCUT2D eigenvalue weighted by Gasteiger charge is 2.20. The van der Waals surface area contributed by atoms with Crippen molar-refractivity contribution in [2.24, 2.45) is 0 Å². The lowest BCUT2D eigenvalue weighted by Crippen LogP contribution is -2.30. The van der Waals surface area contributed by atoms with Crippen molar-refractivity contribution in [1.82, 2.24) is 0 Å². The Kier molecular flexibility index (Phi) is 7.67. The fourth-order valence-corrected chi connectivity index (χ4v) is 2.27. The Morgan fingerprint density at radius 2 is 1.70 bits per heavy atom. The molecule has 6 nitrogen and oxygen atoms in total. The van der Waals surface area contributed by atoms with Crippen molar-refractivity contribution in [2.75, 3.05) is 18.5 Å². The van der Waals surface area contributed by atoms with Gasteiger partial charge in [-0.1, -0.05) is 19.1 Å². The summed E-state index contributed by atoms with van der Waals surface area (Å²) in [4.78, 5) is 24.6. The molecule has 0 heterocycles. The van der Waals surface area contributed by atoms with Gasteiger partial charge in [0.15, 0.2) is 6.10 Å². The van der Waals surface area contributed by atoms with Gasteiger partial charge in [0.2, 0.25) is 0 Å². The summed E-state index contributed by atoms with van der Waals surface area (Å²) in [5.74, 6) is 0.248. The summed E-state index contributed by atoms with van der Waals surface area (Å²) >= 11 is 0. The van der Waals surface area contributed by atoms with Gasteiger partial charge in [0.05, 0.1) is 24.5 Å². The minimum absolute atomic E-state index is 0.355. The lowest BCUT2D eigenvalue weighted by molar-refractivity contribution is -0.123. The Bertz CT molecular complexity index is 757. The lowest BCUT2D eigenvalue weighted by Gasteiger charge is -2.15. The first-order valence-electron chi connectivity index (χ1n) is 9.01. The van der Waals surface area contributed by atoms with Gasteiger partial charge in [-0.15, -0.1) is 0 Å². The molecule has 0 saturated heterocycles. The quantitative estimate of drug-likeness (QED) is 0.673. The summed E-state index contributed by atoms with van der Waals surface area (Å²) in [6.45, 7) is 6.50. The molecule has 6 heteroatoms. The van der Waals surface area contributed by atoms with Gasteiger partial charge in [-0.2, -0.15) is 0 Å². The van der Waals surface area contributed by atoms with Crippen molar-refractivity contribution in [1.29, 1.82) is 0 Å². The van der Waals surface area contributed by atoms with Gasteiger partial charge in [0, 0.05) is 0 Å². The highest BCUT2D eigenvalue weighted by molar-refractivity contribution is 5.98. The third-order valence-electron chi connectivity index (χ3n) is 3.66. The number of para-hydroxylation sites is 2. The number of anilines is 1. The molecule has 0 aliphatic heterocycles. The van der Waals surface area contributed by atoms with Crippen LogP contribution in [0.2, 0.25) is 0 Å². The average molecular weight is 371 g/mol. The summed E-state index contributed by atoms with van der Waals surface area (Å²) in [6, 6.07) is 13.7. The smallest absolute Gasteiger partial charge is 0.338 e. The molecule has 1 amide bonds. The first-order chi connectivity index (χ1) is 13.0. The van der Waals surface area contributed by atoms with E-state index >= 15 is 0 Å². The first kappa shape index (κ1) is 20.3. The number of hydrogen-bond acceptors (Lipinski definition) is 5. The van der Waals surface area contributed by atoms with Gasteiger partial charge in [0.25, 0.3) is 5.91 Å². The van der Waals surface area contributed by atoms with E-state index in [0.29, 0.717) is 36.0 Å². The fraction of sp³-hybridized carbons (Fsp3) is 0.333. The zero-order valence-corrected chi connectivity index (χ0v) is 15.9. The molecule has 144 valence electrons. The van der Waals surface area contributed by atoms with E-state index in [4.69, 9.17) is 14.2 Å². The van der Waals surface area contributed by atoms with Crippen LogP contribution in [0.3, 0.4) is 0 Å². The number of benzene rings is 2. The molecule has 0 saturated carbocycles. The minimum Gasteiger partial charge on any atom is -0.494 e. The summed E-state index contributed by atoms with van der Waals surface area (Å²) in [6.07, 6.45) is -0.0498. The number of ether oxygens (including phenoxy) is 3. The second kappa shape index (κ2) is 10.2. The number of esters is 1. The van der Waals surface area contributed by atoms with Gasteiger partial charge < -0.3 is 19.5 Å². The molecule has 2 aromatic rings. The monoisotopic (exact) mass is 371 g/mol. The van der Waals surface area contributed by atoms with E-state index in [2.05, 4.69) is 5.32 Å². The van der Waals surface area contributed by atoms with Crippen molar-refractivity contribution in [2.45, 2.75) is 33.3 Å². The van der Waals surface area contributed by atoms with Crippen LogP contribution in [0.5, 0.6) is 11.5 Å². The van der Waals surface area contributed by atoms with E-state index in [9.17, 15) is 9.59 Å². The van der Waals surface area contributed by atoms with Crippen molar-refractivity contribution in [3.63, 3.8) is 0 Å². The average Bonchev–Trinajstić information content (AvgIpc) is 2.68. The lowest BCUT2D eigenvalue weighted by atomic mass is 10.2. The van der Waals surface area contributed by atoms with Crippen molar-refractivity contribution in [3.05, 3.63) is 54.1 Å². The van der Waals surface area contributed by atoms with Crippen LogP contribution in [0.1, 0.15) is 37.6 Å². The summed E-state index contributed by atoms with van der Waals surface area (Å²) in [7, 11) is 0. The molecule has 1 atom stereocenters. The SMILES string of the molecule is CCCOc1ccc(C(=O)O[C@H](C)C(=O)Nc2ccccc2OCC)cc1. The Morgan fingerprint density at radius 1 is 1.00 bits per heavy atom. The highest BCUT2D eigenvalue weighted by atomic mass is 16.5. The van der Waals surface area contributed by atoms with E-state index in [0.717, 1.165) is 6.42 Å². The molecule has 0 aliphatic carbocycles. The van der Waals surface area contributed by atoms with Gasteiger partial charge >= 0.3 is 5.97 Å². The molecule has 0 radical (unpaired) electrons.